The molecular weight excluding hydrogens is 520 g/mol. The van der Waals surface area contributed by atoms with Gasteiger partial charge >= 0.3 is 5.97 Å². The molecule has 1 saturated carbocycles. The molecule has 0 aromatic heterocycles. The van der Waals surface area contributed by atoms with Crippen molar-refractivity contribution in [2.75, 3.05) is 6.54 Å². The lowest BCUT2D eigenvalue weighted by Crippen LogP contribution is -2.28. The van der Waals surface area contributed by atoms with E-state index in [1.807, 2.05) is 37.3 Å². The molecule has 0 atom stereocenters. The number of nitrogens with zero attached hydrogens (tertiary/aromatic N) is 2. The third kappa shape index (κ3) is 7.02. The van der Waals surface area contributed by atoms with E-state index in [9.17, 15) is 9.59 Å². The number of carbonyl (C=O) groups is 2. The fourth-order valence-electron chi connectivity index (χ4n) is 5.14. The number of hydrogen-bond donors (Lipinski definition) is 1. The molecule has 1 N–H and O–H groups in total. The zero-order valence-corrected chi connectivity index (χ0v) is 23.5. The summed E-state index contributed by atoms with van der Waals surface area (Å²) in [6.07, 6.45) is 8.50. The van der Waals surface area contributed by atoms with Gasteiger partial charge in [0.1, 0.15) is 12.4 Å². The van der Waals surface area contributed by atoms with Gasteiger partial charge in [0.2, 0.25) is 0 Å². The molecule has 7 heteroatoms. The van der Waals surface area contributed by atoms with E-state index in [1.54, 1.807) is 29.2 Å². The van der Waals surface area contributed by atoms with Crippen molar-refractivity contribution < 1.29 is 19.4 Å². The normalized spacial score (nSPS) is 18.0. The van der Waals surface area contributed by atoms with Gasteiger partial charge in [-0.2, -0.15) is 0 Å². The number of amides is 1. The summed E-state index contributed by atoms with van der Waals surface area (Å²) in [5.41, 5.74) is 4.90. The van der Waals surface area contributed by atoms with Crippen LogP contribution in [0.5, 0.6) is 5.75 Å². The molecule has 0 bridgehead atoms. The minimum Gasteiger partial charge on any atom is -0.489 e. The number of aliphatic imine (C=N–C) groups is 1. The van der Waals surface area contributed by atoms with Gasteiger partial charge in [-0.15, -0.1) is 0 Å². The summed E-state index contributed by atoms with van der Waals surface area (Å²) in [6.45, 7) is 2.94. The van der Waals surface area contributed by atoms with Gasteiger partial charge in [0.25, 0.3) is 5.91 Å². The lowest BCUT2D eigenvalue weighted by molar-refractivity contribution is -0.136. The van der Waals surface area contributed by atoms with Crippen molar-refractivity contribution in [1.82, 2.24) is 4.90 Å². The van der Waals surface area contributed by atoms with Gasteiger partial charge in [0.15, 0.2) is 5.17 Å². The Morgan fingerprint density at radius 2 is 1.65 bits per heavy atom. The average molecular weight is 555 g/mol. The Kier molecular flexibility index (Phi) is 9.01. The monoisotopic (exact) mass is 554 g/mol. The molecule has 1 amide bonds. The van der Waals surface area contributed by atoms with Crippen molar-refractivity contribution in [3.63, 3.8) is 0 Å². The Balaban J connectivity index is 1.20. The van der Waals surface area contributed by atoms with Crippen molar-refractivity contribution in [3.05, 3.63) is 100.0 Å². The van der Waals surface area contributed by atoms with Crippen molar-refractivity contribution in [1.29, 1.82) is 0 Å². The quantitative estimate of drug-likeness (QED) is 0.276. The van der Waals surface area contributed by atoms with Crippen LogP contribution >= 0.6 is 11.8 Å². The average Bonchev–Trinajstić information content (AvgIpc) is 3.27. The molecule has 40 heavy (non-hydrogen) atoms. The van der Waals surface area contributed by atoms with Gasteiger partial charge in [-0.3, -0.25) is 14.5 Å². The molecule has 6 nitrogen and oxygen atoms in total. The maximum absolute atomic E-state index is 13.0. The van der Waals surface area contributed by atoms with Crippen LogP contribution in [0.1, 0.15) is 67.2 Å². The molecule has 3 aromatic rings. The SMILES string of the molecule is CCN1C(=O)C(=Cc2ccc(OCc3ccc(C4CCCCC4)cc3)cc2)SC1=Nc1ccc(CC(=O)O)cc1. The molecule has 1 saturated heterocycles. The first-order valence-corrected chi connectivity index (χ1v) is 14.7. The van der Waals surface area contributed by atoms with E-state index in [0.29, 0.717) is 40.4 Å². The second kappa shape index (κ2) is 13.0. The van der Waals surface area contributed by atoms with E-state index < -0.39 is 5.97 Å². The molecule has 0 spiro atoms. The fourth-order valence-corrected chi connectivity index (χ4v) is 6.21. The van der Waals surface area contributed by atoms with Gasteiger partial charge < -0.3 is 9.84 Å². The van der Waals surface area contributed by atoms with Gasteiger partial charge in [-0.05, 0) is 90.0 Å². The Bertz CT molecular complexity index is 1390. The third-order valence-electron chi connectivity index (χ3n) is 7.36. The predicted octanol–water partition coefficient (Wildman–Crippen LogP) is 7.56. The molecular formula is C33H34N2O4S. The second-order valence-electron chi connectivity index (χ2n) is 10.2. The molecule has 2 aliphatic rings. The summed E-state index contributed by atoms with van der Waals surface area (Å²) in [6, 6.07) is 23.7. The smallest absolute Gasteiger partial charge is 0.307 e. The summed E-state index contributed by atoms with van der Waals surface area (Å²) < 4.78 is 6.02. The number of aliphatic carboxylic acids is 1. The molecule has 0 unspecified atom stereocenters. The van der Waals surface area contributed by atoms with Crippen LogP contribution in [0.3, 0.4) is 0 Å². The molecule has 1 aliphatic carbocycles. The minimum absolute atomic E-state index is 0.0324. The summed E-state index contributed by atoms with van der Waals surface area (Å²) in [4.78, 5) is 30.9. The number of thioether (sulfide) groups is 1. The summed E-state index contributed by atoms with van der Waals surface area (Å²) >= 11 is 1.34. The van der Waals surface area contributed by atoms with Gasteiger partial charge in [0.05, 0.1) is 17.0 Å². The van der Waals surface area contributed by atoms with Crippen molar-refractivity contribution in [2.24, 2.45) is 4.99 Å². The second-order valence-corrected chi connectivity index (χ2v) is 11.2. The highest BCUT2D eigenvalue weighted by molar-refractivity contribution is 8.18. The largest absolute Gasteiger partial charge is 0.489 e. The standard InChI is InChI=1S/C33H34N2O4S/c1-2-35-32(38)30(40-33(35)34-28-16-10-24(11-17-28)21-31(36)37)20-23-12-18-29(19-13-23)39-22-25-8-14-27(15-9-25)26-6-4-3-5-7-26/h8-20,26H,2-7,21-22H2,1H3,(H,36,37). The van der Waals surface area contributed by atoms with E-state index in [1.165, 1.54) is 49.4 Å². The van der Waals surface area contributed by atoms with Crippen LogP contribution in [-0.4, -0.2) is 33.6 Å². The number of hydrogen-bond acceptors (Lipinski definition) is 5. The van der Waals surface area contributed by atoms with Gasteiger partial charge in [0, 0.05) is 6.54 Å². The van der Waals surface area contributed by atoms with Crippen molar-refractivity contribution in [3.8, 4) is 5.75 Å². The summed E-state index contributed by atoms with van der Waals surface area (Å²) in [5.74, 6) is 0.541. The highest BCUT2D eigenvalue weighted by Gasteiger charge is 2.32. The van der Waals surface area contributed by atoms with Crippen LogP contribution in [0.15, 0.2) is 82.7 Å². The summed E-state index contributed by atoms with van der Waals surface area (Å²) in [7, 11) is 0. The molecule has 1 aliphatic heterocycles. The Labute approximate surface area is 239 Å². The van der Waals surface area contributed by atoms with Crippen LogP contribution in [0.2, 0.25) is 0 Å². The third-order valence-corrected chi connectivity index (χ3v) is 8.37. The fraction of sp³-hybridized carbons (Fsp3) is 0.303. The van der Waals surface area contributed by atoms with Crippen molar-refractivity contribution >= 4 is 40.6 Å². The number of likely N-dealkylation sites (N-methyl/N-ethyl adjacent to an activating group) is 1. The van der Waals surface area contributed by atoms with E-state index >= 15 is 0 Å². The Hall–Kier alpha value is -3.84. The number of benzene rings is 3. The Morgan fingerprint density at radius 1 is 0.975 bits per heavy atom. The molecule has 5 rings (SSSR count). The first-order chi connectivity index (χ1) is 19.5. The first-order valence-electron chi connectivity index (χ1n) is 13.9. The molecule has 3 aromatic carbocycles. The van der Waals surface area contributed by atoms with Crippen LogP contribution < -0.4 is 4.74 Å². The number of carbonyl (C=O) groups excluding carboxylic acids is 1. The zero-order chi connectivity index (χ0) is 27.9. The van der Waals surface area contributed by atoms with Crippen molar-refractivity contribution in [2.45, 2.75) is 58.0 Å². The van der Waals surface area contributed by atoms with E-state index in [2.05, 4.69) is 29.3 Å². The lowest BCUT2D eigenvalue weighted by Gasteiger charge is -2.22. The van der Waals surface area contributed by atoms with E-state index in [0.717, 1.165) is 16.9 Å². The number of amidine groups is 1. The number of carboxylic acid groups (broad SMARTS) is 1. The molecule has 0 radical (unpaired) electrons. The highest BCUT2D eigenvalue weighted by Crippen LogP contribution is 2.35. The topological polar surface area (TPSA) is 79.2 Å². The number of ether oxygens (including phenoxy) is 1. The maximum Gasteiger partial charge on any atom is 0.307 e. The number of rotatable bonds is 9. The van der Waals surface area contributed by atoms with Crippen LogP contribution in [0.25, 0.3) is 6.08 Å². The van der Waals surface area contributed by atoms with Crippen LogP contribution in [-0.2, 0) is 22.6 Å². The molecule has 2 fully saturated rings. The molecule has 1 heterocycles. The van der Waals surface area contributed by atoms with Crippen LogP contribution in [0.4, 0.5) is 5.69 Å². The van der Waals surface area contributed by atoms with Crippen LogP contribution in [0, 0.1) is 0 Å². The Morgan fingerprint density at radius 3 is 2.30 bits per heavy atom. The number of carboxylic acids is 1. The zero-order valence-electron chi connectivity index (χ0n) is 22.7. The summed E-state index contributed by atoms with van der Waals surface area (Å²) in [5, 5.41) is 9.57. The highest BCUT2D eigenvalue weighted by atomic mass is 32.2. The molecule has 206 valence electrons. The van der Waals surface area contributed by atoms with Gasteiger partial charge in [-0.25, -0.2) is 4.99 Å². The minimum atomic E-state index is -0.873. The first kappa shape index (κ1) is 27.7. The predicted molar refractivity (Wildman–Crippen MR) is 161 cm³/mol. The van der Waals surface area contributed by atoms with Gasteiger partial charge in [-0.1, -0.05) is 67.8 Å². The lowest BCUT2D eigenvalue weighted by atomic mass is 9.84. The van der Waals surface area contributed by atoms with E-state index in [4.69, 9.17) is 9.84 Å². The van der Waals surface area contributed by atoms with E-state index in [-0.39, 0.29) is 12.3 Å². The maximum atomic E-state index is 13.0.